The SMILES string of the molecule is COCCOC(=O)C1=C(C)NC(C)=C(C(=O)OC(C)C=N)C1c1cccc([N+](=O)[O-])c1. The summed E-state index contributed by atoms with van der Waals surface area (Å²) in [5.74, 6) is -2.38. The second-order valence-corrected chi connectivity index (χ2v) is 6.89. The number of dihydropyridines is 1. The Morgan fingerprint density at radius 3 is 2.45 bits per heavy atom. The van der Waals surface area contributed by atoms with Gasteiger partial charge in [0, 0.05) is 36.9 Å². The third-order valence-corrected chi connectivity index (χ3v) is 4.66. The van der Waals surface area contributed by atoms with Crippen molar-refractivity contribution in [1.29, 1.82) is 5.41 Å². The van der Waals surface area contributed by atoms with Crippen molar-refractivity contribution >= 4 is 23.8 Å². The van der Waals surface area contributed by atoms with Crippen LogP contribution in [0.3, 0.4) is 0 Å². The van der Waals surface area contributed by atoms with Crippen LogP contribution in [-0.4, -0.2) is 49.5 Å². The zero-order valence-corrected chi connectivity index (χ0v) is 17.8. The Bertz CT molecular complexity index is 952. The molecule has 2 N–H and O–H groups in total. The highest BCUT2D eigenvalue weighted by Gasteiger charge is 2.38. The molecule has 0 fully saturated rings. The molecule has 0 bridgehead atoms. The number of non-ortho nitro benzene ring substituents is 1. The molecule has 0 amide bonds. The predicted octanol–water partition coefficient (Wildman–Crippen LogP) is 2.60. The van der Waals surface area contributed by atoms with Gasteiger partial charge in [-0.25, -0.2) is 9.59 Å². The third kappa shape index (κ3) is 5.54. The fourth-order valence-corrected chi connectivity index (χ4v) is 3.25. The lowest BCUT2D eigenvalue weighted by Gasteiger charge is -2.30. The molecule has 10 nitrogen and oxygen atoms in total. The number of nitro benzene ring substituents is 1. The molecule has 0 saturated carbocycles. The molecule has 10 heteroatoms. The van der Waals surface area contributed by atoms with E-state index in [1.54, 1.807) is 19.9 Å². The summed E-state index contributed by atoms with van der Waals surface area (Å²) < 4.78 is 15.5. The summed E-state index contributed by atoms with van der Waals surface area (Å²) in [4.78, 5) is 36.6. The molecule has 2 rings (SSSR count). The van der Waals surface area contributed by atoms with Crippen LogP contribution in [-0.2, 0) is 23.8 Å². The highest BCUT2D eigenvalue weighted by atomic mass is 16.6. The van der Waals surface area contributed by atoms with Gasteiger partial charge in [0.25, 0.3) is 5.69 Å². The zero-order chi connectivity index (χ0) is 23.1. The van der Waals surface area contributed by atoms with Gasteiger partial charge in [0.1, 0.15) is 12.7 Å². The maximum Gasteiger partial charge on any atom is 0.337 e. The molecule has 0 radical (unpaired) electrons. The van der Waals surface area contributed by atoms with Gasteiger partial charge >= 0.3 is 11.9 Å². The molecule has 0 saturated heterocycles. The lowest BCUT2D eigenvalue weighted by atomic mass is 9.80. The molecule has 0 aliphatic carbocycles. The Hall–Kier alpha value is -3.53. The third-order valence-electron chi connectivity index (χ3n) is 4.66. The Morgan fingerprint density at radius 1 is 1.23 bits per heavy atom. The maximum absolute atomic E-state index is 13.0. The van der Waals surface area contributed by atoms with Crippen LogP contribution in [0.2, 0.25) is 0 Å². The molecule has 0 aromatic heterocycles. The van der Waals surface area contributed by atoms with Gasteiger partial charge < -0.3 is 24.9 Å². The van der Waals surface area contributed by atoms with Crippen LogP contribution in [0.25, 0.3) is 0 Å². The van der Waals surface area contributed by atoms with Crippen molar-refractivity contribution in [3.05, 3.63) is 62.5 Å². The van der Waals surface area contributed by atoms with E-state index in [9.17, 15) is 19.7 Å². The van der Waals surface area contributed by atoms with Crippen molar-refractivity contribution in [2.75, 3.05) is 20.3 Å². The largest absolute Gasteiger partial charge is 0.460 e. The van der Waals surface area contributed by atoms with Crippen molar-refractivity contribution in [2.45, 2.75) is 32.8 Å². The Morgan fingerprint density at radius 2 is 1.87 bits per heavy atom. The number of carbonyl (C=O) groups excluding carboxylic acids is 2. The molecule has 2 atom stereocenters. The molecule has 1 aromatic rings. The number of benzene rings is 1. The highest BCUT2D eigenvalue weighted by Crippen LogP contribution is 2.40. The molecule has 31 heavy (non-hydrogen) atoms. The summed E-state index contributed by atoms with van der Waals surface area (Å²) in [6.07, 6.45) is 0.177. The standard InChI is InChI=1S/C21H25N3O7/c1-12(11-22)31-21(26)18-14(3)23-13(2)17(20(25)30-9-8-29-4)19(18)15-6-5-7-16(10-15)24(27)28/h5-7,10-12,19,22-23H,8-9H2,1-4H3. The number of carbonyl (C=O) groups is 2. The van der Waals surface area contributed by atoms with Crippen LogP contribution >= 0.6 is 0 Å². The smallest absolute Gasteiger partial charge is 0.337 e. The fourth-order valence-electron chi connectivity index (χ4n) is 3.25. The van der Waals surface area contributed by atoms with Gasteiger partial charge in [-0.2, -0.15) is 0 Å². The maximum atomic E-state index is 13.0. The molecule has 1 aromatic carbocycles. The quantitative estimate of drug-likeness (QED) is 0.200. The highest BCUT2D eigenvalue weighted by molar-refractivity contribution is 6.00. The van der Waals surface area contributed by atoms with E-state index < -0.39 is 28.9 Å². The number of rotatable bonds is 9. The molecule has 1 heterocycles. The van der Waals surface area contributed by atoms with Gasteiger partial charge in [0.05, 0.1) is 28.6 Å². The number of esters is 2. The van der Waals surface area contributed by atoms with Gasteiger partial charge in [-0.3, -0.25) is 10.1 Å². The lowest BCUT2D eigenvalue weighted by molar-refractivity contribution is -0.384. The average Bonchev–Trinajstić information content (AvgIpc) is 2.72. The van der Waals surface area contributed by atoms with Gasteiger partial charge in [-0.05, 0) is 26.3 Å². The Labute approximate surface area is 179 Å². The van der Waals surface area contributed by atoms with Crippen molar-refractivity contribution in [3.8, 4) is 0 Å². The number of nitrogens with zero attached hydrogens (tertiary/aromatic N) is 1. The average molecular weight is 431 g/mol. The monoisotopic (exact) mass is 431 g/mol. The number of methoxy groups -OCH3 is 1. The van der Waals surface area contributed by atoms with Crippen LogP contribution in [0.1, 0.15) is 32.3 Å². The summed E-state index contributed by atoms with van der Waals surface area (Å²) in [6, 6.07) is 5.71. The minimum Gasteiger partial charge on any atom is -0.460 e. The number of nitrogens with one attached hydrogen (secondary N) is 2. The molecule has 166 valence electrons. The van der Waals surface area contributed by atoms with Crippen LogP contribution in [0.5, 0.6) is 0 Å². The van der Waals surface area contributed by atoms with E-state index in [1.807, 2.05) is 0 Å². The van der Waals surface area contributed by atoms with Gasteiger partial charge in [0.2, 0.25) is 0 Å². The number of hydrogen-bond donors (Lipinski definition) is 2. The molecule has 1 aliphatic heterocycles. The Balaban J connectivity index is 2.60. The number of hydrogen-bond acceptors (Lipinski definition) is 9. The topological polar surface area (TPSA) is 141 Å². The second-order valence-electron chi connectivity index (χ2n) is 6.89. The molecule has 1 aliphatic rings. The van der Waals surface area contributed by atoms with Crippen LogP contribution in [0.4, 0.5) is 5.69 Å². The van der Waals surface area contributed by atoms with E-state index in [2.05, 4.69) is 5.32 Å². The molecular weight excluding hydrogens is 406 g/mol. The molecular formula is C21H25N3O7. The second kappa shape index (κ2) is 10.5. The summed E-state index contributed by atoms with van der Waals surface area (Å²) in [6.45, 7) is 5.02. The zero-order valence-electron chi connectivity index (χ0n) is 17.8. The van der Waals surface area contributed by atoms with Crippen LogP contribution < -0.4 is 5.32 Å². The van der Waals surface area contributed by atoms with Crippen molar-refractivity contribution in [2.24, 2.45) is 0 Å². The first-order valence-electron chi connectivity index (χ1n) is 9.51. The number of allylic oxidation sites excluding steroid dienone is 2. The van der Waals surface area contributed by atoms with Gasteiger partial charge in [0.15, 0.2) is 0 Å². The van der Waals surface area contributed by atoms with Crippen molar-refractivity contribution in [1.82, 2.24) is 5.32 Å². The van der Waals surface area contributed by atoms with Crippen LogP contribution in [0.15, 0.2) is 46.8 Å². The fraction of sp³-hybridized carbons (Fsp3) is 0.381. The Kier molecular flexibility index (Phi) is 8.03. The van der Waals surface area contributed by atoms with E-state index in [4.69, 9.17) is 19.6 Å². The predicted molar refractivity (Wildman–Crippen MR) is 112 cm³/mol. The summed E-state index contributed by atoms with van der Waals surface area (Å²) in [7, 11) is 1.47. The minimum absolute atomic E-state index is 0.00108. The van der Waals surface area contributed by atoms with E-state index in [1.165, 1.54) is 32.2 Å². The van der Waals surface area contributed by atoms with Crippen LogP contribution in [0, 0.1) is 15.5 Å². The first-order chi connectivity index (χ1) is 14.7. The van der Waals surface area contributed by atoms with Crippen molar-refractivity contribution in [3.63, 3.8) is 0 Å². The summed E-state index contributed by atoms with van der Waals surface area (Å²) >= 11 is 0. The number of nitro groups is 1. The van der Waals surface area contributed by atoms with Gasteiger partial charge in [-0.1, -0.05) is 12.1 Å². The first-order valence-corrected chi connectivity index (χ1v) is 9.51. The summed E-state index contributed by atoms with van der Waals surface area (Å²) in [5, 5.41) is 21.6. The van der Waals surface area contributed by atoms with Gasteiger partial charge in [-0.15, -0.1) is 0 Å². The minimum atomic E-state index is -0.957. The summed E-state index contributed by atoms with van der Waals surface area (Å²) in [5.41, 5.74) is 1.31. The molecule has 2 unspecified atom stereocenters. The first kappa shape index (κ1) is 23.7. The number of ether oxygens (including phenoxy) is 3. The van der Waals surface area contributed by atoms with E-state index in [-0.39, 0.29) is 30.0 Å². The molecule has 0 spiro atoms. The lowest BCUT2D eigenvalue weighted by Crippen LogP contribution is -2.33. The van der Waals surface area contributed by atoms with E-state index >= 15 is 0 Å². The van der Waals surface area contributed by atoms with E-state index in [0.717, 1.165) is 6.21 Å². The van der Waals surface area contributed by atoms with Crippen molar-refractivity contribution < 1.29 is 28.7 Å². The van der Waals surface area contributed by atoms with E-state index in [0.29, 0.717) is 17.0 Å². The normalized spacial score (nSPS) is 17.0.